The fourth-order valence-corrected chi connectivity index (χ4v) is 4.85. The fourth-order valence-electron chi connectivity index (χ4n) is 4.01. The molecule has 0 saturated carbocycles. The Kier molecular flexibility index (Phi) is 10.2. The van der Waals surface area contributed by atoms with Gasteiger partial charge in [-0.25, -0.2) is 17.2 Å². The molecule has 0 bridgehead atoms. The molecule has 0 fully saturated rings. The van der Waals surface area contributed by atoms with Crippen molar-refractivity contribution in [3.8, 4) is 0 Å². The lowest BCUT2D eigenvalue weighted by atomic mass is 10.0. The topological polar surface area (TPSA) is 86.8 Å². The molecular formula is C29H33F2N3O4S. The summed E-state index contributed by atoms with van der Waals surface area (Å²) in [5.41, 5.74) is 1.33. The summed E-state index contributed by atoms with van der Waals surface area (Å²) >= 11 is 0. The second-order valence-electron chi connectivity index (χ2n) is 9.74. The third kappa shape index (κ3) is 8.88. The first-order valence-electron chi connectivity index (χ1n) is 12.5. The molecule has 7 nitrogen and oxygen atoms in total. The van der Waals surface area contributed by atoms with Gasteiger partial charge in [0, 0.05) is 19.5 Å². The van der Waals surface area contributed by atoms with E-state index < -0.39 is 46.1 Å². The number of nitrogens with one attached hydrogen (secondary N) is 1. The van der Waals surface area contributed by atoms with Crippen molar-refractivity contribution in [1.29, 1.82) is 0 Å². The van der Waals surface area contributed by atoms with E-state index in [1.165, 1.54) is 47.4 Å². The van der Waals surface area contributed by atoms with Crippen molar-refractivity contribution in [3.63, 3.8) is 0 Å². The lowest BCUT2D eigenvalue weighted by molar-refractivity contribution is -0.140. The molecule has 39 heavy (non-hydrogen) atoms. The van der Waals surface area contributed by atoms with Crippen molar-refractivity contribution < 1.29 is 26.8 Å². The molecule has 0 aliphatic heterocycles. The van der Waals surface area contributed by atoms with Crippen molar-refractivity contribution in [3.05, 3.63) is 102 Å². The first kappa shape index (κ1) is 29.8. The smallest absolute Gasteiger partial charge is 0.244 e. The molecule has 10 heteroatoms. The summed E-state index contributed by atoms with van der Waals surface area (Å²) in [5.74, 6) is -2.04. The van der Waals surface area contributed by atoms with Gasteiger partial charge in [0.2, 0.25) is 21.8 Å². The molecule has 0 saturated heterocycles. The Morgan fingerprint density at radius 2 is 1.54 bits per heavy atom. The number of sulfonamides is 1. The normalized spacial score (nSPS) is 12.2. The molecule has 0 spiro atoms. The van der Waals surface area contributed by atoms with Crippen molar-refractivity contribution in [2.24, 2.45) is 5.92 Å². The van der Waals surface area contributed by atoms with Crippen molar-refractivity contribution >= 4 is 27.5 Å². The van der Waals surface area contributed by atoms with Crippen LogP contribution in [-0.4, -0.2) is 50.5 Å². The van der Waals surface area contributed by atoms with Gasteiger partial charge in [-0.3, -0.25) is 13.9 Å². The highest BCUT2D eigenvalue weighted by Crippen LogP contribution is 2.21. The number of halogens is 2. The Bertz CT molecular complexity index is 1370. The first-order valence-corrected chi connectivity index (χ1v) is 14.4. The molecule has 3 rings (SSSR count). The van der Waals surface area contributed by atoms with Crippen LogP contribution in [0.15, 0.2) is 78.9 Å². The average molecular weight is 558 g/mol. The van der Waals surface area contributed by atoms with E-state index in [9.17, 15) is 26.8 Å². The molecule has 0 aliphatic rings. The van der Waals surface area contributed by atoms with Crippen LogP contribution in [-0.2, 0) is 32.6 Å². The quantitative estimate of drug-likeness (QED) is 0.363. The number of anilines is 1. The van der Waals surface area contributed by atoms with Crippen LogP contribution in [0.25, 0.3) is 0 Å². The minimum Gasteiger partial charge on any atom is -0.354 e. The van der Waals surface area contributed by atoms with Gasteiger partial charge in [0.15, 0.2) is 0 Å². The van der Waals surface area contributed by atoms with Crippen LogP contribution in [0.3, 0.4) is 0 Å². The zero-order valence-corrected chi connectivity index (χ0v) is 23.0. The predicted octanol–water partition coefficient (Wildman–Crippen LogP) is 4.14. The number of hydrogen-bond donors (Lipinski definition) is 1. The Morgan fingerprint density at radius 1 is 0.872 bits per heavy atom. The maximum absolute atomic E-state index is 14.0. The summed E-state index contributed by atoms with van der Waals surface area (Å²) in [6.45, 7) is 3.52. The molecule has 0 heterocycles. The second-order valence-corrected chi connectivity index (χ2v) is 11.6. The molecule has 3 aromatic rings. The average Bonchev–Trinajstić information content (AvgIpc) is 2.88. The summed E-state index contributed by atoms with van der Waals surface area (Å²) in [6.07, 6.45) is 1.09. The van der Waals surface area contributed by atoms with Crippen LogP contribution in [0.2, 0.25) is 0 Å². The van der Waals surface area contributed by atoms with E-state index in [2.05, 4.69) is 5.32 Å². The summed E-state index contributed by atoms with van der Waals surface area (Å²) in [6, 6.07) is 18.6. The second kappa shape index (κ2) is 13.3. The first-order chi connectivity index (χ1) is 18.4. The van der Waals surface area contributed by atoms with Gasteiger partial charge in [0.05, 0.1) is 11.9 Å². The van der Waals surface area contributed by atoms with E-state index in [1.807, 2.05) is 44.2 Å². The number of hydrogen-bond acceptors (Lipinski definition) is 4. The minimum atomic E-state index is -4.00. The zero-order valence-electron chi connectivity index (χ0n) is 22.2. The highest BCUT2D eigenvalue weighted by molar-refractivity contribution is 7.92. The molecule has 208 valence electrons. The number of carbonyl (C=O) groups excluding carboxylic acids is 2. The van der Waals surface area contributed by atoms with Crippen LogP contribution >= 0.6 is 0 Å². The predicted molar refractivity (Wildman–Crippen MR) is 147 cm³/mol. The molecule has 3 aromatic carbocycles. The summed E-state index contributed by atoms with van der Waals surface area (Å²) in [5, 5.41) is 2.88. The molecule has 0 aliphatic carbocycles. The van der Waals surface area contributed by atoms with Gasteiger partial charge < -0.3 is 10.2 Å². The highest BCUT2D eigenvalue weighted by atomic mass is 32.2. The summed E-state index contributed by atoms with van der Waals surface area (Å²) in [4.78, 5) is 28.7. The zero-order chi connectivity index (χ0) is 28.6. The van der Waals surface area contributed by atoms with Gasteiger partial charge >= 0.3 is 0 Å². The summed E-state index contributed by atoms with van der Waals surface area (Å²) in [7, 11) is -4.00. The third-order valence-corrected chi connectivity index (χ3v) is 7.14. The largest absolute Gasteiger partial charge is 0.354 e. The van der Waals surface area contributed by atoms with Crippen LogP contribution in [0.1, 0.15) is 25.0 Å². The van der Waals surface area contributed by atoms with E-state index in [1.54, 1.807) is 0 Å². The van der Waals surface area contributed by atoms with Crippen LogP contribution < -0.4 is 9.62 Å². The Labute approximate surface area is 228 Å². The van der Waals surface area contributed by atoms with E-state index in [4.69, 9.17) is 0 Å². The number of amides is 2. The van der Waals surface area contributed by atoms with E-state index in [-0.39, 0.29) is 24.6 Å². The fraction of sp³-hybridized carbons (Fsp3) is 0.310. The molecule has 1 atom stereocenters. The van der Waals surface area contributed by atoms with Gasteiger partial charge in [-0.05, 0) is 47.4 Å². The van der Waals surface area contributed by atoms with Gasteiger partial charge in [0.1, 0.15) is 24.2 Å². The third-order valence-electron chi connectivity index (χ3n) is 6.00. The van der Waals surface area contributed by atoms with Crippen LogP contribution in [0, 0.1) is 17.6 Å². The minimum absolute atomic E-state index is 0.0172. The molecule has 2 amide bonds. The molecule has 1 N–H and O–H groups in total. The SMILES string of the molecule is CC(C)CNC(=O)[C@@H](Cc1ccccc1)N(Cc1ccc(F)cc1)C(=O)CN(c1cccc(F)c1)S(C)(=O)=O. The van der Waals surface area contributed by atoms with E-state index in [0.717, 1.165) is 22.2 Å². The monoisotopic (exact) mass is 557 g/mol. The Morgan fingerprint density at radius 3 is 2.13 bits per heavy atom. The van der Waals surface area contributed by atoms with Crippen molar-refractivity contribution in [2.45, 2.75) is 32.9 Å². The maximum atomic E-state index is 14.0. The van der Waals surface area contributed by atoms with Gasteiger partial charge in [-0.15, -0.1) is 0 Å². The number of carbonyl (C=O) groups is 2. The van der Waals surface area contributed by atoms with Crippen molar-refractivity contribution in [2.75, 3.05) is 23.7 Å². The van der Waals surface area contributed by atoms with E-state index in [0.29, 0.717) is 12.1 Å². The van der Waals surface area contributed by atoms with Crippen LogP contribution in [0.5, 0.6) is 0 Å². The maximum Gasteiger partial charge on any atom is 0.244 e. The number of benzene rings is 3. The molecule has 0 aromatic heterocycles. The molecule has 0 radical (unpaired) electrons. The Hall–Kier alpha value is -3.79. The van der Waals surface area contributed by atoms with E-state index >= 15 is 0 Å². The van der Waals surface area contributed by atoms with Gasteiger partial charge in [-0.1, -0.05) is 62.4 Å². The Balaban J connectivity index is 2.04. The van der Waals surface area contributed by atoms with Crippen molar-refractivity contribution in [1.82, 2.24) is 10.2 Å². The van der Waals surface area contributed by atoms with Gasteiger partial charge in [-0.2, -0.15) is 0 Å². The van der Waals surface area contributed by atoms with Crippen LogP contribution in [0.4, 0.5) is 14.5 Å². The lowest BCUT2D eigenvalue weighted by Gasteiger charge is -2.33. The standard InChI is InChI=1S/C29H33F2N3O4S/c1-21(2)18-32-29(36)27(16-22-8-5-4-6-9-22)33(19-23-12-14-24(30)15-13-23)28(35)20-34(39(3,37)38)26-11-7-10-25(31)17-26/h4-15,17,21,27H,16,18-20H2,1-3H3,(H,32,36)/t27-/m1/s1. The molecular weight excluding hydrogens is 524 g/mol. The highest BCUT2D eigenvalue weighted by Gasteiger charge is 2.33. The number of nitrogens with zero attached hydrogens (tertiary/aromatic N) is 2. The van der Waals surface area contributed by atoms with Gasteiger partial charge in [0.25, 0.3) is 0 Å². The molecule has 0 unspecified atom stereocenters. The number of rotatable bonds is 12. The summed E-state index contributed by atoms with van der Waals surface area (Å²) < 4.78 is 53.7. The lowest BCUT2D eigenvalue weighted by Crippen LogP contribution is -2.53.